The van der Waals surface area contributed by atoms with Crippen LogP contribution in [0.5, 0.6) is 0 Å². The molecule has 7 nitrogen and oxygen atoms in total. The molecule has 170 valence electrons. The van der Waals surface area contributed by atoms with Gasteiger partial charge in [0.25, 0.3) is 5.91 Å². The predicted octanol–water partition coefficient (Wildman–Crippen LogP) is 4.30. The smallest absolute Gasteiger partial charge is 0.256 e. The average Bonchev–Trinajstić information content (AvgIpc) is 3.13. The van der Waals surface area contributed by atoms with Crippen molar-refractivity contribution in [2.24, 2.45) is 0 Å². The third-order valence-corrected chi connectivity index (χ3v) is 7.18. The summed E-state index contributed by atoms with van der Waals surface area (Å²) in [6.45, 7) is 7.16. The van der Waals surface area contributed by atoms with Crippen LogP contribution < -0.4 is 5.32 Å². The number of nitrogens with one attached hydrogen (secondary N) is 1. The minimum Gasteiger partial charge on any atom is -0.307 e. The fourth-order valence-corrected chi connectivity index (χ4v) is 4.91. The zero-order chi connectivity index (χ0) is 23.1. The van der Waals surface area contributed by atoms with E-state index < -0.39 is 10.0 Å². The molecular weight excluding hydrogens is 424 g/mol. The van der Waals surface area contributed by atoms with Gasteiger partial charge in [0.2, 0.25) is 10.0 Å². The summed E-state index contributed by atoms with van der Waals surface area (Å²) in [6.07, 6.45) is 1.73. The summed E-state index contributed by atoms with van der Waals surface area (Å²) in [5.74, 6) is 0.270. The Morgan fingerprint density at radius 1 is 1.06 bits per heavy atom. The van der Waals surface area contributed by atoms with Gasteiger partial charge in [0, 0.05) is 24.7 Å². The molecule has 0 aliphatic carbocycles. The van der Waals surface area contributed by atoms with E-state index in [1.165, 1.54) is 16.4 Å². The zero-order valence-corrected chi connectivity index (χ0v) is 19.6. The molecule has 3 rings (SSSR count). The summed E-state index contributed by atoms with van der Waals surface area (Å²) in [6, 6.07) is 17.8. The average molecular weight is 455 g/mol. The van der Waals surface area contributed by atoms with Gasteiger partial charge in [-0.05, 0) is 43.2 Å². The summed E-state index contributed by atoms with van der Waals surface area (Å²) in [7, 11) is -3.58. The van der Waals surface area contributed by atoms with E-state index in [0.29, 0.717) is 31.0 Å². The van der Waals surface area contributed by atoms with Crippen LogP contribution >= 0.6 is 0 Å². The highest BCUT2D eigenvalue weighted by Crippen LogP contribution is 2.19. The summed E-state index contributed by atoms with van der Waals surface area (Å²) in [5, 5.41) is 7.36. The molecule has 1 amide bonds. The Bertz CT molecular complexity index is 1140. The molecule has 32 heavy (non-hydrogen) atoms. The van der Waals surface area contributed by atoms with Crippen LogP contribution in [-0.2, 0) is 16.6 Å². The summed E-state index contributed by atoms with van der Waals surface area (Å²) >= 11 is 0. The Kier molecular flexibility index (Phi) is 7.82. The van der Waals surface area contributed by atoms with E-state index in [1.54, 1.807) is 16.8 Å². The molecular formula is C24H30N4O3S. The first-order chi connectivity index (χ1) is 15.3. The minimum atomic E-state index is -3.58. The molecule has 3 aromatic rings. The molecule has 1 heterocycles. The Labute approximate surface area is 190 Å². The van der Waals surface area contributed by atoms with Crippen LogP contribution in [0.25, 0.3) is 0 Å². The molecule has 1 N–H and O–H groups in total. The van der Waals surface area contributed by atoms with Gasteiger partial charge in [-0.1, -0.05) is 50.6 Å². The van der Waals surface area contributed by atoms with Gasteiger partial charge in [0.15, 0.2) is 0 Å². The number of hydrogen-bond donors (Lipinski definition) is 1. The van der Waals surface area contributed by atoms with E-state index in [-0.39, 0.29) is 10.8 Å². The molecule has 8 heteroatoms. The molecule has 0 aliphatic rings. The molecule has 0 radical (unpaired) electrons. The third-order valence-electron chi connectivity index (χ3n) is 5.19. The lowest BCUT2D eigenvalue weighted by Crippen LogP contribution is -2.31. The number of nitrogens with zero attached hydrogens (tertiary/aromatic N) is 3. The van der Waals surface area contributed by atoms with Gasteiger partial charge in [0.1, 0.15) is 5.82 Å². The Morgan fingerprint density at radius 3 is 2.38 bits per heavy atom. The van der Waals surface area contributed by atoms with Crippen LogP contribution in [0.3, 0.4) is 0 Å². The van der Waals surface area contributed by atoms with Gasteiger partial charge in [-0.2, -0.15) is 9.40 Å². The third kappa shape index (κ3) is 5.63. The van der Waals surface area contributed by atoms with Crippen molar-refractivity contribution in [1.29, 1.82) is 0 Å². The van der Waals surface area contributed by atoms with E-state index in [9.17, 15) is 13.2 Å². The minimum absolute atomic E-state index is 0.192. The van der Waals surface area contributed by atoms with Crippen LogP contribution in [0.2, 0.25) is 0 Å². The van der Waals surface area contributed by atoms with Crippen LogP contribution in [0.15, 0.2) is 65.6 Å². The standard InChI is InChI=1S/C24H30N4O3S/c1-4-6-16-27(5-2)32(30,31)22-14-12-21(13-15-22)24(29)25-23-17-19(3)26-28(23)18-20-10-8-7-9-11-20/h7-15,17H,4-6,16,18H2,1-3H3,(H,25,29). The largest absolute Gasteiger partial charge is 0.307 e. The van der Waals surface area contributed by atoms with Gasteiger partial charge in [0.05, 0.1) is 17.1 Å². The van der Waals surface area contributed by atoms with Crippen molar-refractivity contribution in [3.63, 3.8) is 0 Å². The molecule has 0 saturated carbocycles. The highest BCUT2D eigenvalue weighted by atomic mass is 32.2. The van der Waals surface area contributed by atoms with E-state index in [0.717, 1.165) is 24.1 Å². The number of carbonyl (C=O) groups is 1. The van der Waals surface area contributed by atoms with Crippen LogP contribution in [0.4, 0.5) is 5.82 Å². The predicted molar refractivity (Wildman–Crippen MR) is 126 cm³/mol. The van der Waals surface area contributed by atoms with Crippen molar-refractivity contribution in [2.45, 2.75) is 45.1 Å². The van der Waals surface area contributed by atoms with E-state index in [2.05, 4.69) is 10.4 Å². The summed E-state index contributed by atoms with van der Waals surface area (Å²) in [4.78, 5) is 13.0. The van der Waals surface area contributed by atoms with Crippen LogP contribution in [0.1, 0.15) is 48.3 Å². The SMILES string of the molecule is CCCCN(CC)S(=O)(=O)c1ccc(C(=O)Nc2cc(C)nn2Cc2ccccc2)cc1. The molecule has 2 aromatic carbocycles. The molecule has 0 saturated heterocycles. The lowest BCUT2D eigenvalue weighted by molar-refractivity contribution is 0.102. The van der Waals surface area contributed by atoms with E-state index >= 15 is 0 Å². The first kappa shape index (κ1) is 23.7. The number of aryl methyl sites for hydroxylation is 1. The van der Waals surface area contributed by atoms with Crippen molar-refractivity contribution in [3.8, 4) is 0 Å². The molecule has 0 bridgehead atoms. The van der Waals surface area contributed by atoms with Crippen LogP contribution in [0, 0.1) is 6.92 Å². The van der Waals surface area contributed by atoms with Crippen molar-refractivity contribution in [3.05, 3.63) is 77.5 Å². The first-order valence-corrected chi connectivity index (χ1v) is 12.3. The molecule has 1 aromatic heterocycles. The number of benzene rings is 2. The highest BCUT2D eigenvalue weighted by molar-refractivity contribution is 7.89. The van der Waals surface area contributed by atoms with E-state index in [1.807, 2.05) is 57.2 Å². The first-order valence-electron chi connectivity index (χ1n) is 10.8. The van der Waals surface area contributed by atoms with Crippen LogP contribution in [-0.4, -0.2) is 41.5 Å². The second-order valence-electron chi connectivity index (χ2n) is 7.64. The van der Waals surface area contributed by atoms with Crippen molar-refractivity contribution < 1.29 is 13.2 Å². The highest BCUT2D eigenvalue weighted by Gasteiger charge is 2.23. The maximum atomic E-state index is 12.9. The van der Waals surface area contributed by atoms with E-state index in [4.69, 9.17) is 0 Å². The molecule has 0 unspecified atom stereocenters. The van der Waals surface area contributed by atoms with Crippen molar-refractivity contribution in [1.82, 2.24) is 14.1 Å². The number of rotatable bonds is 10. The van der Waals surface area contributed by atoms with Gasteiger partial charge in [-0.3, -0.25) is 4.79 Å². The Balaban J connectivity index is 1.74. The van der Waals surface area contributed by atoms with Crippen molar-refractivity contribution in [2.75, 3.05) is 18.4 Å². The molecule has 0 fully saturated rings. The van der Waals surface area contributed by atoms with Gasteiger partial charge < -0.3 is 5.32 Å². The lowest BCUT2D eigenvalue weighted by Gasteiger charge is -2.20. The number of anilines is 1. The Morgan fingerprint density at radius 2 is 1.75 bits per heavy atom. The van der Waals surface area contributed by atoms with Gasteiger partial charge in [-0.15, -0.1) is 0 Å². The van der Waals surface area contributed by atoms with Gasteiger partial charge >= 0.3 is 0 Å². The molecule has 0 spiro atoms. The monoisotopic (exact) mass is 454 g/mol. The zero-order valence-electron chi connectivity index (χ0n) is 18.8. The second kappa shape index (κ2) is 10.6. The fraction of sp³-hybridized carbons (Fsp3) is 0.333. The maximum absolute atomic E-state index is 12.9. The number of hydrogen-bond acceptors (Lipinski definition) is 4. The lowest BCUT2D eigenvalue weighted by atomic mass is 10.2. The summed E-state index contributed by atoms with van der Waals surface area (Å²) in [5.41, 5.74) is 2.25. The number of sulfonamides is 1. The number of aromatic nitrogens is 2. The second-order valence-corrected chi connectivity index (χ2v) is 9.58. The normalized spacial score (nSPS) is 11.6. The summed E-state index contributed by atoms with van der Waals surface area (Å²) < 4.78 is 29.0. The topological polar surface area (TPSA) is 84.3 Å². The number of carbonyl (C=O) groups excluding carboxylic acids is 1. The quantitative estimate of drug-likeness (QED) is 0.495. The van der Waals surface area contributed by atoms with Crippen molar-refractivity contribution >= 4 is 21.7 Å². The fourth-order valence-electron chi connectivity index (χ4n) is 3.42. The Hall–Kier alpha value is -2.97. The maximum Gasteiger partial charge on any atom is 0.256 e. The van der Waals surface area contributed by atoms with Gasteiger partial charge in [-0.25, -0.2) is 13.1 Å². The molecule has 0 atom stereocenters. The number of amides is 1. The molecule has 0 aliphatic heterocycles. The number of unbranched alkanes of at least 4 members (excludes halogenated alkanes) is 1.